The second-order valence-electron chi connectivity index (χ2n) is 6.27. The number of benzene rings is 1. The lowest BCUT2D eigenvalue weighted by atomic mass is 9.96. The van der Waals surface area contributed by atoms with Gasteiger partial charge in [-0.2, -0.15) is 0 Å². The number of para-hydroxylation sites is 1. The summed E-state index contributed by atoms with van der Waals surface area (Å²) in [6.07, 6.45) is 1.50. The third-order valence-corrected chi connectivity index (χ3v) is 3.92. The Bertz CT molecular complexity index is 411. The summed E-state index contributed by atoms with van der Waals surface area (Å²) in [5.41, 5.74) is 1.75. The Morgan fingerprint density at radius 3 is 2.39 bits per heavy atom. The van der Waals surface area contributed by atoms with Crippen molar-refractivity contribution < 1.29 is 4.74 Å². The Hall–Kier alpha value is -1.02. The largest absolute Gasteiger partial charge is 0.491 e. The Morgan fingerprint density at radius 1 is 1.28 bits per heavy atom. The van der Waals surface area contributed by atoms with Gasteiger partial charge in [0.25, 0.3) is 0 Å². The highest BCUT2D eigenvalue weighted by atomic mass is 16.5. The first kappa shape index (κ1) is 13.4. The van der Waals surface area contributed by atoms with Gasteiger partial charge in [0.1, 0.15) is 5.75 Å². The molecule has 18 heavy (non-hydrogen) atoms. The van der Waals surface area contributed by atoms with E-state index in [1.807, 2.05) is 13.1 Å². The van der Waals surface area contributed by atoms with Crippen LogP contribution >= 0.6 is 0 Å². The van der Waals surface area contributed by atoms with Gasteiger partial charge in [-0.1, -0.05) is 32.0 Å². The average Bonchev–Trinajstić information content (AvgIpc) is 2.90. The van der Waals surface area contributed by atoms with Crippen LogP contribution in [-0.4, -0.2) is 13.2 Å². The van der Waals surface area contributed by atoms with Crippen LogP contribution in [0.1, 0.15) is 45.7 Å². The molecular weight excluding hydrogens is 222 g/mol. The third kappa shape index (κ3) is 2.69. The van der Waals surface area contributed by atoms with Crippen LogP contribution in [0.25, 0.3) is 0 Å². The van der Waals surface area contributed by atoms with Crippen molar-refractivity contribution in [3.8, 4) is 5.75 Å². The molecule has 1 aromatic carbocycles. The third-order valence-electron chi connectivity index (χ3n) is 3.92. The minimum atomic E-state index is 0.218. The Labute approximate surface area is 111 Å². The van der Waals surface area contributed by atoms with Crippen molar-refractivity contribution in [3.63, 3.8) is 0 Å². The molecule has 2 nitrogen and oxygen atoms in total. The number of nitrogens with one attached hydrogen (secondary N) is 1. The van der Waals surface area contributed by atoms with Crippen molar-refractivity contribution in [3.05, 3.63) is 29.8 Å². The normalized spacial score (nSPS) is 22.9. The highest BCUT2D eigenvalue weighted by Gasteiger charge is 2.50. The lowest BCUT2D eigenvalue weighted by Gasteiger charge is -2.22. The van der Waals surface area contributed by atoms with Crippen LogP contribution in [0.15, 0.2) is 24.3 Å². The zero-order valence-corrected chi connectivity index (χ0v) is 12.2. The molecule has 0 heterocycles. The average molecular weight is 247 g/mol. The molecule has 1 saturated carbocycles. The van der Waals surface area contributed by atoms with E-state index in [0.29, 0.717) is 17.4 Å². The molecule has 0 aliphatic heterocycles. The maximum Gasteiger partial charge on any atom is 0.124 e. The van der Waals surface area contributed by atoms with Crippen LogP contribution in [0.5, 0.6) is 5.75 Å². The standard InChI is InChI=1S/C16H25NO/c1-11(2)18-14-9-7-6-8-12(14)15(17-5)13-10-16(13,3)4/h6-9,11,13,15,17H,10H2,1-5H3. The van der Waals surface area contributed by atoms with E-state index in [2.05, 4.69) is 51.2 Å². The first-order chi connectivity index (χ1) is 8.45. The van der Waals surface area contributed by atoms with E-state index in [1.54, 1.807) is 0 Å². The van der Waals surface area contributed by atoms with Crippen LogP contribution < -0.4 is 10.1 Å². The SMILES string of the molecule is CNC(c1ccccc1OC(C)C)C1CC1(C)C. The topological polar surface area (TPSA) is 21.3 Å². The fourth-order valence-corrected chi connectivity index (χ4v) is 2.75. The molecule has 1 aliphatic rings. The van der Waals surface area contributed by atoms with Gasteiger partial charge in [0.05, 0.1) is 6.10 Å². The summed E-state index contributed by atoms with van der Waals surface area (Å²) in [6, 6.07) is 8.81. The van der Waals surface area contributed by atoms with Crippen molar-refractivity contribution in [2.75, 3.05) is 7.05 Å². The molecule has 1 aliphatic carbocycles. The van der Waals surface area contributed by atoms with E-state index >= 15 is 0 Å². The second kappa shape index (κ2) is 4.93. The highest BCUT2D eigenvalue weighted by Crippen LogP contribution is 2.58. The van der Waals surface area contributed by atoms with Crippen molar-refractivity contribution in [2.24, 2.45) is 11.3 Å². The zero-order valence-electron chi connectivity index (χ0n) is 12.2. The summed E-state index contributed by atoms with van der Waals surface area (Å²) in [7, 11) is 2.05. The van der Waals surface area contributed by atoms with Gasteiger partial charge in [0.15, 0.2) is 0 Å². The molecule has 2 atom stereocenters. The smallest absolute Gasteiger partial charge is 0.124 e. The maximum atomic E-state index is 5.93. The minimum absolute atomic E-state index is 0.218. The molecule has 2 unspecified atom stereocenters. The van der Waals surface area contributed by atoms with Gasteiger partial charge >= 0.3 is 0 Å². The van der Waals surface area contributed by atoms with Gasteiger partial charge in [-0.05, 0) is 44.7 Å². The first-order valence-corrected chi connectivity index (χ1v) is 6.88. The number of hydrogen-bond acceptors (Lipinski definition) is 2. The van der Waals surface area contributed by atoms with E-state index in [1.165, 1.54) is 12.0 Å². The van der Waals surface area contributed by atoms with Gasteiger partial charge in [-0.3, -0.25) is 0 Å². The first-order valence-electron chi connectivity index (χ1n) is 6.88. The van der Waals surface area contributed by atoms with Crippen molar-refractivity contribution in [1.82, 2.24) is 5.32 Å². The molecule has 1 N–H and O–H groups in total. The van der Waals surface area contributed by atoms with Crippen LogP contribution in [0.2, 0.25) is 0 Å². The fourth-order valence-electron chi connectivity index (χ4n) is 2.75. The molecule has 0 aromatic heterocycles. The minimum Gasteiger partial charge on any atom is -0.491 e. The summed E-state index contributed by atoms with van der Waals surface area (Å²) in [5, 5.41) is 3.47. The van der Waals surface area contributed by atoms with Crippen LogP contribution in [0, 0.1) is 11.3 Å². The summed E-state index contributed by atoms with van der Waals surface area (Å²) in [4.78, 5) is 0. The predicted molar refractivity (Wildman–Crippen MR) is 75.9 cm³/mol. The number of hydrogen-bond donors (Lipinski definition) is 1. The lowest BCUT2D eigenvalue weighted by molar-refractivity contribution is 0.236. The van der Waals surface area contributed by atoms with Crippen molar-refractivity contribution in [1.29, 1.82) is 0 Å². The molecule has 2 heteroatoms. The van der Waals surface area contributed by atoms with Crippen LogP contribution in [0.4, 0.5) is 0 Å². The summed E-state index contributed by atoms with van der Waals surface area (Å²) >= 11 is 0. The lowest BCUT2D eigenvalue weighted by Crippen LogP contribution is -2.22. The molecule has 0 saturated heterocycles. The van der Waals surface area contributed by atoms with Gasteiger partial charge < -0.3 is 10.1 Å². The number of rotatable bonds is 5. The van der Waals surface area contributed by atoms with Gasteiger partial charge in [0.2, 0.25) is 0 Å². The van der Waals surface area contributed by atoms with Crippen molar-refractivity contribution in [2.45, 2.75) is 46.3 Å². The Kier molecular flexibility index (Phi) is 3.67. The number of ether oxygens (including phenoxy) is 1. The molecular formula is C16H25NO. The molecule has 0 radical (unpaired) electrons. The molecule has 0 bridgehead atoms. The Morgan fingerprint density at radius 2 is 1.89 bits per heavy atom. The second-order valence-corrected chi connectivity index (χ2v) is 6.27. The molecule has 2 rings (SSSR count). The quantitative estimate of drug-likeness (QED) is 0.855. The Balaban J connectivity index is 2.25. The van der Waals surface area contributed by atoms with E-state index in [0.717, 1.165) is 5.75 Å². The molecule has 0 amide bonds. The molecule has 0 spiro atoms. The molecule has 1 aromatic rings. The monoisotopic (exact) mass is 247 g/mol. The van der Waals surface area contributed by atoms with Crippen LogP contribution in [-0.2, 0) is 0 Å². The molecule has 100 valence electrons. The summed E-state index contributed by atoms with van der Waals surface area (Å²) in [5.74, 6) is 1.73. The van der Waals surface area contributed by atoms with E-state index in [4.69, 9.17) is 4.74 Å². The predicted octanol–water partition coefficient (Wildman–Crippen LogP) is 3.78. The van der Waals surface area contributed by atoms with E-state index in [9.17, 15) is 0 Å². The van der Waals surface area contributed by atoms with Gasteiger partial charge in [0, 0.05) is 11.6 Å². The van der Waals surface area contributed by atoms with Crippen molar-refractivity contribution >= 4 is 0 Å². The van der Waals surface area contributed by atoms with Crippen LogP contribution in [0.3, 0.4) is 0 Å². The van der Waals surface area contributed by atoms with E-state index in [-0.39, 0.29) is 6.10 Å². The van der Waals surface area contributed by atoms with E-state index < -0.39 is 0 Å². The fraction of sp³-hybridized carbons (Fsp3) is 0.625. The summed E-state index contributed by atoms with van der Waals surface area (Å²) < 4.78 is 5.93. The van der Waals surface area contributed by atoms with Gasteiger partial charge in [-0.15, -0.1) is 0 Å². The molecule has 1 fully saturated rings. The van der Waals surface area contributed by atoms with Gasteiger partial charge in [-0.25, -0.2) is 0 Å². The zero-order chi connectivity index (χ0) is 13.3. The summed E-state index contributed by atoms with van der Waals surface area (Å²) in [6.45, 7) is 8.83. The maximum absolute atomic E-state index is 5.93. The highest BCUT2D eigenvalue weighted by molar-refractivity contribution is 5.37.